The van der Waals surface area contributed by atoms with E-state index in [2.05, 4.69) is 5.32 Å². The first-order valence-electron chi connectivity index (χ1n) is 6.47. The lowest BCUT2D eigenvalue weighted by atomic mass is 9.89. The van der Waals surface area contributed by atoms with Crippen LogP contribution < -0.4 is 5.32 Å². The molecule has 3 rings (SSSR count). The van der Waals surface area contributed by atoms with Crippen molar-refractivity contribution < 1.29 is 9.90 Å². The number of β-amino-alcohol motifs (C(OH)–C–C–N with tert-alkyl or cyclic N) is 1. The molecule has 1 amide bonds. The Morgan fingerprint density at radius 3 is 2.94 bits per heavy atom. The summed E-state index contributed by atoms with van der Waals surface area (Å²) >= 11 is 0. The number of anilines is 1. The number of hydrogen-bond donors (Lipinski definition) is 2. The summed E-state index contributed by atoms with van der Waals surface area (Å²) in [4.78, 5) is 14.1. The molecule has 2 N–H and O–H groups in total. The zero-order valence-electron chi connectivity index (χ0n) is 10.5. The Morgan fingerprint density at radius 2 is 2.22 bits per heavy atom. The second kappa shape index (κ2) is 3.99. The molecule has 2 aliphatic heterocycles. The van der Waals surface area contributed by atoms with Crippen molar-refractivity contribution in [3.8, 4) is 0 Å². The van der Waals surface area contributed by atoms with Gasteiger partial charge in [0.05, 0.1) is 24.6 Å². The molecule has 0 aromatic heterocycles. The van der Waals surface area contributed by atoms with Gasteiger partial charge in [0.25, 0.3) is 0 Å². The molecule has 0 spiro atoms. The minimum atomic E-state index is -0.652. The zero-order valence-corrected chi connectivity index (χ0v) is 10.5. The van der Waals surface area contributed by atoms with Gasteiger partial charge in [0, 0.05) is 12.2 Å². The van der Waals surface area contributed by atoms with Crippen LogP contribution in [0.25, 0.3) is 0 Å². The Labute approximate surface area is 107 Å². The van der Waals surface area contributed by atoms with Crippen LogP contribution in [0.1, 0.15) is 24.8 Å². The average molecular weight is 246 g/mol. The highest BCUT2D eigenvalue weighted by Crippen LogP contribution is 2.35. The summed E-state index contributed by atoms with van der Waals surface area (Å²) in [5.41, 5.74) is 1.48. The molecular weight excluding hydrogens is 228 g/mol. The van der Waals surface area contributed by atoms with Gasteiger partial charge in [-0.25, -0.2) is 0 Å². The van der Waals surface area contributed by atoms with Crippen LogP contribution in [-0.4, -0.2) is 41.1 Å². The fourth-order valence-corrected chi connectivity index (χ4v) is 2.77. The molecule has 4 nitrogen and oxygen atoms in total. The van der Waals surface area contributed by atoms with Gasteiger partial charge in [0.15, 0.2) is 0 Å². The lowest BCUT2D eigenvalue weighted by Crippen LogP contribution is -2.64. The van der Waals surface area contributed by atoms with Crippen LogP contribution >= 0.6 is 0 Å². The van der Waals surface area contributed by atoms with Crippen LogP contribution in [0.5, 0.6) is 0 Å². The minimum Gasteiger partial charge on any atom is -0.386 e. The number of para-hydroxylation sites is 1. The Morgan fingerprint density at radius 1 is 1.50 bits per heavy atom. The van der Waals surface area contributed by atoms with Crippen LogP contribution in [0.15, 0.2) is 24.3 Å². The number of hydrogen-bond acceptors (Lipinski definition) is 3. The van der Waals surface area contributed by atoms with Crippen molar-refractivity contribution in [2.45, 2.75) is 24.9 Å². The van der Waals surface area contributed by atoms with Gasteiger partial charge in [-0.2, -0.15) is 0 Å². The van der Waals surface area contributed by atoms with Crippen molar-refractivity contribution in [2.24, 2.45) is 0 Å². The predicted molar refractivity (Wildman–Crippen MR) is 69.5 cm³/mol. The topological polar surface area (TPSA) is 52.6 Å². The van der Waals surface area contributed by atoms with Gasteiger partial charge in [-0.3, -0.25) is 4.79 Å². The number of carbonyl (C=O) groups is 1. The van der Waals surface area contributed by atoms with E-state index in [0.717, 1.165) is 11.3 Å². The molecule has 1 saturated heterocycles. The molecule has 1 aromatic rings. The van der Waals surface area contributed by atoms with Gasteiger partial charge in [0.2, 0.25) is 5.91 Å². The van der Waals surface area contributed by atoms with Gasteiger partial charge in [-0.1, -0.05) is 25.1 Å². The average Bonchev–Trinajstić information content (AvgIpc) is 2.78. The van der Waals surface area contributed by atoms with E-state index in [0.29, 0.717) is 26.1 Å². The second-order valence-electron chi connectivity index (χ2n) is 5.29. The molecule has 1 unspecified atom stereocenters. The quantitative estimate of drug-likeness (QED) is 0.824. The van der Waals surface area contributed by atoms with E-state index in [1.165, 1.54) is 0 Å². The van der Waals surface area contributed by atoms with Crippen molar-refractivity contribution >= 4 is 11.6 Å². The molecule has 18 heavy (non-hydrogen) atoms. The third-order valence-electron chi connectivity index (χ3n) is 4.07. The van der Waals surface area contributed by atoms with Gasteiger partial charge in [-0.05, 0) is 18.1 Å². The van der Waals surface area contributed by atoms with Crippen LogP contribution in [0.2, 0.25) is 0 Å². The summed E-state index contributed by atoms with van der Waals surface area (Å²) in [6, 6.07) is 7.94. The second-order valence-corrected chi connectivity index (χ2v) is 5.29. The number of nitrogens with zero attached hydrogens (tertiary/aromatic N) is 1. The molecule has 1 fully saturated rings. The maximum absolute atomic E-state index is 12.4. The van der Waals surface area contributed by atoms with Crippen LogP contribution in [0.4, 0.5) is 5.69 Å². The van der Waals surface area contributed by atoms with Gasteiger partial charge in [-0.15, -0.1) is 0 Å². The largest absolute Gasteiger partial charge is 0.386 e. The van der Waals surface area contributed by atoms with Crippen molar-refractivity contribution in [2.75, 3.05) is 25.0 Å². The third kappa shape index (κ3) is 1.68. The van der Waals surface area contributed by atoms with E-state index in [-0.39, 0.29) is 11.8 Å². The van der Waals surface area contributed by atoms with Crippen molar-refractivity contribution in [1.82, 2.24) is 4.90 Å². The van der Waals surface area contributed by atoms with E-state index >= 15 is 0 Å². The van der Waals surface area contributed by atoms with Gasteiger partial charge < -0.3 is 15.3 Å². The number of benzene rings is 1. The highest BCUT2D eigenvalue weighted by molar-refractivity contribution is 5.89. The Bertz CT molecular complexity index is 480. The molecule has 0 aliphatic carbocycles. The number of carbonyl (C=O) groups excluding carboxylic acids is 1. The molecule has 2 heterocycles. The standard InChI is InChI=1S/C14H18N2O2/c1-2-14(18)8-16(9-14)13(17)11-7-15-12-6-4-3-5-10(11)12/h3-6,11,15,18H,2,7-9H2,1H3. The zero-order chi connectivity index (χ0) is 12.8. The molecule has 96 valence electrons. The molecular formula is C14H18N2O2. The highest BCUT2D eigenvalue weighted by atomic mass is 16.3. The van der Waals surface area contributed by atoms with Crippen molar-refractivity contribution in [3.63, 3.8) is 0 Å². The summed E-state index contributed by atoms with van der Waals surface area (Å²) in [5, 5.41) is 13.2. The van der Waals surface area contributed by atoms with E-state index in [9.17, 15) is 9.90 Å². The minimum absolute atomic E-state index is 0.0948. The molecule has 0 radical (unpaired) electrons. The van der Waals surface area contributed by atoms with E-state index < -0.39 is 5.60 Å². The monoisotopic (exact) mass is 246 g/mol. The molecule has 0 bridgehead atoms. The summed E-state index contributed by atoms with van der Waals surface area (Å²) in [5.74, 6) is 0.0354. The smallest absolute Gasteiger partial charge is 0.232 e. The third-order valence-corrected chi connectivity index (χ3v) is 4.07. The van der Waals surface area contributed by atoms with E-state index in [1.54, 1.807) is 4.90 Å². The maximum atomic E-state index is 12.4. The first kappa shape index (κ1) is 11.5. The molecule has 4 heteroatoms. The molecule has 1 atom stereocenters. The fraction of sp³-hybridized carbons (Fsp3) is 0.500. The summed E-state index contributed by atoms with van der Waals surface area (Å²) < 4.78 is 0. The van der Waals surface area contributed by atoms with Crippen LogP contribution in [0.3, 0.4) is 0 Å². The number of nitrogens with one attached hydrogen (secondary N) is 1. The predicted octanol–water partition coefficient (Wildman–Crippen LogP) is 1.18. The number of fused-ring (bicyclic) bond motifs is 1. The van der Waals surface area contributed by atoms with Crippen LogP contribution in [-0.2, 0) is 4.79 Å². The Balaban J connectivity index is 1.73. The van der Waals surface area contributed by atoms with Crippen molar-refractivity contribution in [3.05, 3.63) is 29.8 Å². The van der Waals surface area contributed by atoms with Gasteiger partial charge in [0.1, 0.15) is 0 Å². The molecule has 2 aliphatic rings. The summed E-state index contributed by atoms with van der Waals surface area (Å²) in [6.45, 7) is 3.56. The van der Waals surface area contributed by atoms with E-state index in [4.69, 9.17) is 0 Å². The normalized spacial score (nSPS) is 24.1. The number of amides is 1. The number of aliphatic hydroxyl groups is 1. The van der Waals surface area contributed by atoms with Crippen molar-refractivity contribution in [1.29, 1.82) is 0 Å². The first-order valence-corrected chi connectivity index (χ1v) is 6.47. The van der Waals surface area contributed by atoms with Gasteiger partial charge >= 0.3 is 0 Å². The summed E-state index contributed by atoms with van der Waals surface area (Å²) in [6.07, 6.45) is 0.705. The maximum Gasteiger partial charge on any atom is 0.232 e. The fourth-order valence-electron chi connectivity index (χ4n) is 2.77. The van der Waals surface area contributed by atoms with E-state index in [1.807, 2.05) is 31.2 Å². The van der Waals surface area contributed by atoms with Crippen LogP contribution in [0, 0.1) is 0 Å². The highest BCUT2D eigenvalue weighted by Gasteiger charge is 2.44. The lowest BCUT2D eigenvalue weighted by molar-refractivity contribution is -0.156. The lowest BCUT2D eigenvalue weighted by Gasteiger charge is -2.47. The summed E-state index contributed by atoms with van der Waals surface area (Å²) in [7, 11) is 0. The number of rotatable bonds is 2. The Hall–Kier alpha value is -1.55. The molecule has 0 saturated carbocycles. The SMILES string of the molecule is CCC1(O)CN(C(=O)C2CNc3ccccc32)C1. The Kier molecular flexibility index (Phi) is 2.55. The molecule has 1 aromatic carbocycles. The number of likely N-dealkylation sites (tertiary alicyclic amines) is 1. The first-order chi connectivity index (χ1) is 8.63.